The largest absolute Gasteiger partial charge is 0.389 e. The zero-order chi connectivity index (χ0) is 16.5. The lowest BCUT2D eigenvalue weighted by atomic mass is 9.86. The van der Waals surface area contributed by atoms with Crippen LogP contribution in [0.2, 0.25) is 0 Å². The second kappa shape index (κ2) is 6.04. The van der Waals surface area contributed by atoms with Crippen molar-refractivity contribution >= 4 is 9.84 Å². The quantitative estimate of drug-likeness (QED) is 0.736. The molecule has 21 heavy (non-hydrogen) atoms. The molecule has 0 saturated carbocycles. The van der Waals surface area contributed by atoms with Gasteiger partial charge in [0.2, 0.25) is 0 Å². The van der Waals surface area contributed by atoms with Crippen LogP contribution in [0.1, 0.15) is 39.4 Å². The Hall–Kier alpha value is -0.950. The Morgan fingerprint density at radius 1 is 1.14 bits per heavy atom. The lowest BCUT2D eigenvalue weighted by Gasteiger charge is -2.38. The van der Waals surface area contributed by atoms with Crippen molar-refractivity contribution in [3.8, 4) is 0 Å². The number of aliphatic hydroxyl groups excluding tert-OH is 1. The number of nitrogens with one attached hydrogen (secondary N) is 1. The highest BCUT2D eigenvalue weighted by Gasteiger charge is 2.34. The van der Waals surface area contributed by atoms with Crippen molar-refractivity contribution in [1.82, 2.24) is 5.32 Å². The summed E-state index contributed by atoms with van der Waals surface area (Å²) in [6.07, 6.45) is 0.367. The molecule has 3 N–H and O–H groups in total. The number of hydrogen-bond acceptors (Lipinski definition) is 5. The SMILES string of the molecule is CC(C)(O)C(C)(C)NCC(O)c1ccc(S(C)(=O)=O)cc1. The summed E-state index contributed by atoms with van der Waals surface area (Å²) < 4.78 is 22.8. The molecule has 0 aliphatic heterocycles. The molecule has 0 radical (unpaired) electrons. The van der Waals surface area contributed by atoms with Gasteiger partial charge in [-0.15, -0.1) is 0 Å². The van der Waals surface area contributed by atoms with Gasteiger partial charge in [0, 0.05) is 18.3 Å². The predicted molar refractivity (Wildman–Crippen MR) is 82.9 cm³/mol. The van der Waals surface area contributed by atoms with E-state index in [1.54, 1.807) is 26.0 Å². The van der Waals surface area contributed by atoms with Gasteiger partial charge in [0.05, 0.1) is 16.6 Å². The smallest absolute Gasteiger partial charge is 0.175 e. The lowest BCUT2D eigenvalue weighted by molar-refractivity contribution is -0.00979. The minimum absolute atomic E-state index is 0.225. The van der Waals surface area contributed by atoms with E-state index in [1.807, 2.05) is 13.8 Å². The Labute approximate surface area is 126 Å². The molecule has 120 valence electrons. The fourth-order valence-electron chi connectivity index (χ4n) is 1.62. The van der Waals surface area contributed by atoms with E-state index in [-0.39, 0.29) is 11.4 Å². The molecule has 0 saturated heterocycles. The third-order valence-corrected chi connectivity index (χ3v) is 5.09. The van der Waals surface area contributed by atoms with Gasteiger partial charge in [0.15, 0.2) is 9.84 Å². The first kappa shape index (κ1) is 18.1. The van der Waals surface area contributed by atoms with Crippen LogP contribution >= 0.6 is 0 Å². The Morgan fingerprint density at radius 3 is 2.00 bits per heavy atom. The highest BCUT2D eigenvalue weighted by Crippen LogP contribution is 2.22. The first-order chi connectivity index (χ1) is 9.34. The van der Waals surface area contributed by atoms with E-state index in [0.29, 0.717) is 5.56 Å². The molecule has 0 aliphatic carbocycles. The Bertz CT molecular complexity index is 571. The molecular formula is C15H25NO4S. The van der Waals surface area contributed by atoms with E-state index in [9.17, 15) is 18.6 Å². The predicted octanol–water partition coefficient (Wildman–Crippen LogP) is 1.26. The number of aliphatic hydroxyl groups is 2. The number of hydrogen-bond donors (Lipinski definition) is 3. The molecular weight excluding hydrogens is 290 g/mol. The number of rotatable bonds is 6. The van der Waals surface area contributed by atoms with Crippen LogP contribution in [-0.4, -0.2) is 42.6 Å². The van der Waals surface area contributed by atoms with Crippen molar-refractivity contribution in [1.29, 1.82) is 0 Å². The van der Waals surface area contributed by atoms with Crippen molar-refractivity contribution in [3.05, 3.63) is 29.8 Å². The highest BCUT2D eigenvalue weighted by molar-refractivity contribution is 7.90. The molecule has 1 rings (SSSR count). The van der Waals surface area contributed by atoms with Gasteiger partial charge in [0.25, 0.3) is 0 Å². The maximum atomic E-state index is 11.4. The first-order valence-corrected chi connectivity index (χ1v) is 8.69. The van der Waals surface area contributed by atoms with Gasteiger partial charge in [-0.25, -0.2) is 8.42 Å². The lowest BCUT2D eigenvalue weighted by Crippen LogP contribution is -2.56. The van der Waals surface area contributed by atoms with E-state index in [1.165, 1.54) is 12.1 Å². The van der Waals surface area contributed by atoms with Crippen LogP contribution in [0, 0.1) is 0 Å². The molecule has 0 amide bonds. The molecule has 1 unspecified atom stereocenters. The van der Waals surface area contributed by atoms with Gasteiger partial charge in [-0.3, -0.25) is 0 Å². The number of β-amino-alcohol motifs (C(OH)–C–C–N with tert-alkyl or cyclic N) is 1. The molecule has 0 spiro atoms. The van der Waals surface area contributed by atoms with E-state index >= 15 is 0 Å². The first-order valence-electron chi connectivity index (χ1n) is 6.80. The van der Waals surface area contributed by atoms with Gasteiger partial charge in [-0.2, -0.15) is 0 Å². The zero-order valence-electron chi connectivity index (χ0n) is 13.2. The van der Waals surface area contributed by atoms with Gasteiger partial charge in [0.1, 0.15) is 0 Å². The monoisotopic (exact) mass is 315 g/mol. The van der Waals surface area contributed by atoms with Crippen LogP contribution in [0.4, 0.5) is 0 Å². The maximum Gasteiger partial charge on any atom is 0.175 e. The van der Waals surface area contributed by atoms with Gasteiger partial charge in [-0.05, 0) is 45.4 Å². The van der Waals surface area contributed by atoms with E-state index < -0.39 is 27.1 Å². The second-order valence-electron chi connectivity index (χ2n) is 6.42. The highest BCUT2D eigenvalue weighted by atomic mass is 32.2. The Kier molecular flexibility index (Phi) is 5.21. The fourth-order valence-corrected chi connectivity index (χ4v) is 2.25. The third-order valence-electron chi connectivity index (χ3n) is 3.96. The number of sulfone groups is 1. The molecule has 0 bridgehead atoms. The summed E-state index contributed by atoms with van der Waals surface area (Å²) in [5.41, 5.74) is -0.880. The minimum atomic E-state index is -3.23. The van der Waals surface area contributed by atoms with Gasteiger partial charge < -0.3 is 15.5 Å². The average Bonchev–Trinajstić information content (AvgIpc) is 2.34. The summed E-state index contributed by atoms with van der Waals surface area (Å²) >= 11 is 0. The van der Waals surface area contributed by atoms with Crippen molar-refractivity contribution in [2.45, 2.75) is 49.8 Å². The summed E-state index contributed by atoms with van der Waals surface area (Å²) in [5.74, 6) is 0. The van der Waals surface area contributed by atoms with E-state index in [2.05, 4.69) is 5.32 Å². The molecule has 0 aromatic heterocycles. The zero-order valence-corrected chi connectivity index (χ0v) is 14.0. The minimum Gasteiger partial charge on any atom is -0.389 e. The molecule has 5 nitrogen and oxygen atoms in total. The standard InChI is InChI=1S/C15H25NO4S/c1-14(2,15(3,4)18)16-10-13(17)11-6-8-12(9-7-11)21(5,19)20/h6-9,13,16-18H,10H2,1-5H3. The molecule has 1 atom stereocenters. The van der Waals surface area contributed by atoms with Crippen LogP contribution in [0.25, 0.3) is 0 Å². The molecule has 0 heterocycles. The Balaban J connectivity index is 2.75. The topological polar surface area (TPSA) is 86.6 Å². The molecule has 1 aromatic rings. The van der Waals surface area contributed by atoms with Crippen molar-refractivity contribution in [3.63, 3.8) is 0 Å². The summed E-state index contributed by atoms with van der Waals surface area (Å²) in [7, 11) is -3.23. The fraction of sp³-hybridized carbons (Fsp3) is 0.600. The van der Waals surface area contributed by atoms with E-state index in [4.69, 9.17) is 0 Å². The normalized spacial score (nSPS) is 15.0. The van der Waals surface area contributed by atoms with Gasteiger partial charge in [-0.1, -0.05) is 12.1 Å². The Morgan fingerprint density at radius 2 is 1.62 bits per heavy atom. The molecule has 1 aromatic carbocycles. The average molecular weight is 315 g/mol. The molecule has 0 fully saturated rings. The van der Waals surface area contributed by atoms with E-state index in [0.717, 1.165) is 6.26 Å². The summed E-state index contributed by atoms with van der Waals surface area (Å²) in [6, 6.07) is 6.16. The molecule has 6 heteroatoms. The molecule has 0 aliphatic rings. The van der Waals surface area contributed by atoms with Gasteiger partial charge >= 0.3 is 0 Å². The van der Waals surface area contributed by atoms with Crippen LogP contribution in [0.5, 0.6) is 0 Å². The van der Waals surface area contributed by atoms with Crippen LogP contribution in [0.3, 0.4) is 0 Å². The third kappa shape index (κ3) is 4.78. The van der Waals surface area contributed by atoms with Crippen molar-refractivity contribution in [2.75, 3.05) is 12.8 Å². The van der Waals surface area contributed by atoms with Crippen molar-refractivity contribution < 1.29 is 18.6 Å². The summed E-state index contributed by atoms with van der Waals surface area (Å²) in [6.45, 7) is 7.37. The maximum absolute atomic E-state index is 11.4. The summed E-state index contributed by atoms with van der Waals surface area (Å²) in [4.78, 5) is 0.225. The summed E-state index contributed by atoms with van der Waals surface area (Å²) in [5, 5.41) is 23.3. The van der Waals surface area contributed by atoms with Crippen LogP contribution in [-0.2, 0) is 9.84 Å². The number of benzene rings is 1. The van der Waals surface area contributed by atoms with Crippen molar-refractivity contribution in [2.24, 2.45) is 0 Å². The van der Waals surface area contributed by atoms with Crippen LogP contribution < -0.4 is 5.32 Å². The van der Waals surface area contributed by atoms with Crippen LogP contribution in [0.15, 0.2) is 29.2 Å². The second-order valence-corrected chi connectivity index (χ2v) is 8.44.